The molecular weight excluding hydrogens is 406 g/mol. The van der Waals surface area contributed by atoms with Crippen LogP contribution in [0, 0.1) is 0 Å². The third-order valence-electron chi connectivity index (χ3n) is 4.54. The largest absolute Gasteiger partial charge is 0.431 e. The second-order valence-electron chi connectivity index (χ2n) is 6.37. The summed E-state index contributed by atoms with van der Waals surface area (Å²) in [5.41, 5.74) is 2.62. The first-order valence-electron chi connectivity index (χ1n) is 8.95. The van der Waals surface area contributed by atoms with E-state index < -0.39 is 0 Å². The Morgan fingerprint density at radius 1 is 0.897 bits per heavy atom. The Labute approximate surface area is 175 Å². The van der Waals surface area contributed by atoms with E-state index in [1.165, 1.54) is 11.8 Å². The quantitative estimate of drug-likeness (QED) is 0.361. The number of hydrogen-bond acceptors (Lipinski definition) is 5. The molecule has 0 aliphatic heterocycles. The Kier molecular flexibility index (Phi) is 4.58. The molecule has 5 nitrogen and oxygen atoms in total. The summed E-state index contributed by atoms with van der Waals surface area (Å²) in [6, 6.07) is 22.2. The number of fused-ring (bicyclic) bond motifs is 2. The number of nitrogens with zero attached hydrogens (tertiary/aromatic N) is 3. The molecule has 0 aliphatic rings. The molecule has 7 heteroatoms. The summed E-state index contributed by atoms with van der Waals surface area (Å²) in [4.78, 5) is 22.5. The number of hydrogen-bond donors (Lipinski definition) is 0. The molecule has 0 unspecified atom stereocenters. The van der Waals surface area contributed by atoms with Gasteiger partial charge in [-0.15, -0.1) is 0 Å². The highest BCUT2D eigenvalue weighted by atomic mass is 35.5. The normalized spacial score (nSPS) is 11.3. The van der Waals surface area contributed by atoms with Crippen molar-refractivity contribution >= 4 is 45.4 Å². The van der Waals surface area contributed by atoms with Crippen molar-refractivity contribution in [3.8, 4) is 5.69 Å². The van der Waals surface area contributed by atoms with E-state index in [1.54, 1.807) is 16.7 Å². The van der Waals surface area contributed by atoms with Crippen LogP contribution in [0.2, 0.25) is 5.02 Å². The van der Waals surface area contributed by atoms with Crippen LogP contribution >= 0.6 is 23.4 Å². The lowest BCUT2D eigenvalue weighted by atomic mass is 10.2. The second-order valence-corrected chi connectivity index (χ2v) is 7.71. The number of para-hydroxylation sites is 4. The maximum Gasteiger partial charge on any atom is 0.266 e. The number of rotatable bonds is 4. The first-order valence-corrected chi connectivity index (χ1v) is 10.3. The lowest BCUT2D eigenvalue weighted by molar-refractivity contribution is 0.489. The zero-order valence-corrected chi connectivity index (χ0v) is 16.7. The Bertz CT molecular complexity index is 1380. The van der Waals surface area contributed by atoms with Gasteiger partial charge in [-0.25, -0.2) is 9.97 Å². The fourth-order valence-corrected chi connectivity index (χ4v) is 4.17. The van der Waals surface area contributed by atoms with Gasteiger partial charge in [-0.2, -0.15) is 0 Å². The van der Waals surface area contributed by atoms with E-state index in [-0.39, 0.29) is 5.56 Å². The van der Waals surface area contributed by atoms with Gasteiger partial charge >= 0.3 is 0 Å². The number of halogens is 1. The Morgan fingerprint density at radius 2 is 1.62 bits per heavy atom. The highest BCUT2D eigenvalue weighted by Crippen LogP contribution is 2.28. The molecule has 0 bridgehead atoms. The predicted octanol–water partition coefficient (Wildman–Crippen LogP) is 5.47. The number of thioether (sulfide) groups is 1. The van der Waals surface area contributed by atoms with Gasteiger partial charge in [0.25, 0.3) is 10.8 Å². The number of oxazole rings is 1. The molecule has 0 saturated carbocycles. The van der Waals surface area contributed by atoms with Crippen molar-refractivity contribution in [1.29, 1.82) is 0 Å². The van der Waals surface area contributed by atoms with E-state index in [9.17, 15) is 4.79 Å². The van der Waals surface area contributed by atoms with Crippen molar-refractivity contribution < 1.29 is 4.42 Å². The monoisotopic (exact) mass is 419 g/mol. The van der Waals surface area contributed by atoms with Gasteiger partial charge in [-0.05, 0) is 36.4 Å². The van der Waals surface area contributed by atoms with E-state index in [0.717, 1.165) is 11.1 Å². The molecule has 0 aliphatic carbocycles. The summed E-state index contributed by atoms with van der Waals surface area (Å²) in [5.74, 6) is 0.979. The van der Waals surface area contributed by atoms with Gasteiger partial charge in [0, 0.05) is 0 Å². The van der Waals surface area contributed by atoms with Crippen LogP contribution in [0.25, 0.3) is 27.7 Å². The molecule has 5 rings (SSSR count). The molecule has 0 spiro atoms. The van der Waals surface area contributed by atoms with E-state index in [0.29, 0.717) is 38.4 Å². The zero-order chi connectivity index (χ0) is 19.8. The van der Waals surface area contributed by atoms with Crippen LogP contribution in [0.3, 0.4) is 0 Å². The molecule has 0 radical (unpaired) electrons. The standard InChI is InChI=1S/C22H14ClN3O2S/c23-15-8-2-5-11-18(15)26-20(24-16-9-3-1-7-14(16)21(26)27)13-29-22-25-17-10-4-6-12-19(17)28-22/h1-12H,13H2. The van der Waals surface area contributed by atoms with Crippen LogP contribution in [0.15, 0.2) is 87.2 Å². The summed E-state index contributed by atoms with van der Waals surface area (Å²) < 4.78 is 7.36. The summed E-state index contributed by atoms with van der Waals surface area (Å²) >= 11 is 7.79. The molecule has 142 valence electrons. The first-order chi connectivity index (χ1) is 14.2. The average molecular weight is 420 g/mol. The molecule has 0 amide bonds. The van der Waals surface area contributed by atoms with Crippen molar-refractivity contribution in [2.75, 3.05) is 0 Å². The summed E-state index contributed by atoms with van der Waals surface area (Å²) in [6.45, 7) is 0. The molecule has 0 fully saturated rings. The average Bonchev–Trinajstić information content (AvgIpc) is 3.16. The molecular formula is C22H14ClN3O2S. The summed E-state index contributed by atoms with van der Waals surface area (Å²) in [5, 5.41) is 1.56. The van der Waals surface area contributed by atoms with Crippen molar-refractivity contribution in [3.05, 3.63) is 94.0 Å². The fourth-order valence-electron chi connectivity index (χ4n) is 3.20. The molecule has 5 aromatic rings. The molecule has 2 aromatic heterocycles. The predicted molar refractivity (Wildman–Crippen MR) is 116 cm³/mol. The van der Waals surface area contributed by atoms with Gasteiger partial charge in [-0.3, -0.25) is 9.36 Å². The highest BCUT2D eigenvalue weighted by Gasteiger charge is 2.16. The van der Waals surface area contributed by atoms with Crippen molar-refractivity contribution in [2.24, 2.45) is 0 Å². The lowest BCUT2D eigenvalue weighted by Gasteiger charge is -2.14. The van der Waals surface area contributed by atoms with Crippen molar-refractivity contribution in [1.82, 2.24) is 14.5 Å². The van der Waals surface area contributed by atoms with E-state index in [4.69, 9.17) is 21.0 Å². The minimum atomic E-state index is -0.156. The van der Waals surface area contributed by atoms with Crippen LogP contribution in [0.1, 0.15) is 5.82 Å². The molecule has 0 atom stereocenters. The zero-order valence-electron chi connectivity index (χ0n) is 15.1. The first kappa shape index (κ1) is 18.0. The number of aromatic nitrogens is 3. The van der Waals surface area contributed by atoms with Gasteiger partial charge in [0.1, 0.15) is 11.3 Å². The van der Waals surface area contributed by atoms with E-state index in [1.807, 2.05) is 60.7 Å². The highest BCUT2D eigenvalue weighted by molar-refractivity contribution is 7.98. The SMILES string of the molecule is O=c1c2ccccc2nc(CSc2nc3ccccc3o2)n1-c1ccccc1Cl. The maximum atomic E-state index is 13.3. The van der Waals surface area contributed by atoms with E-state index >= 15 is 0 Å². The van der Waals surface area contributed by atoms with Crippen molar-refractivity contribution in [2.45, 2.75) is 11.0 Å². The van der Waals surface area contributed by atoms with Gasteiger partial charge in [-0.1, -0.05) is 59.8 Å². The van der Waals surface area contributed by atoms with Gasteiger partial charge in [0.2, 0.25) is 0 Å². The summed E-state index contributed by atoms with van der Waals surface area (Å²) in [6.07, 6.45) is 0. The smallest absolute Gasteiger partial charge is 0.266 e. The molecule has 3 aromatic carbocycles. The summed E-state index contributed by atoms with van der Waals surface area (Å²) in [7, 11) is 0. The molecule has 2 heterocycles. The lowest BCUT2D eigenvalue weighted by Crippen LogP contribution is -2.23. The van der Waals surface area contributed by atoms with Crippen LogP contribution in [0.4, 0.5) is 0 Å². The number of benzene rings is 3. The van der Waals surface area contributed by atoms with Crippen molar-refractivity contribution in [3.63, 3.8) is 0 Å². The molecule has 29 heavy (non-hydrogen) atoms. The maximum absolute atomic E-state index is 13.3. The third kappa shape index (κ3) is 3.30. The Hall–Kier alpha value is -3.09. The minimum Gasteiger partial charge on any atom is -0.431 e. The van der Waals surface area contributed by atoms with Gasteiger partial charge in [0.05, 0.1) is 27.4 Å². The Morgan fingerprint density at radius 3 is 2.45 bits per heavy atom. The van der Waals surface area contributed by atoms with Gasteiger partial charge in [0.15, 0.2) is 5.58 Å². The Balaban J connectivity index is 1.62. The molecule has 0 saturated heterocycles. The third-order valence-corrected chi connectivity index (χ3v) is 5.68. The fraction of sp³-hybridized carbons (Fsp3) is 0.0455. The second kappa shape index (κ2) is 7.39. The van der Waals surface area contributed by atoms with Crippen LogP contribution in [-0.4, -0.2) is 14.5 Å². The van der Waals surface area contributed by atoms with Crippen LogP contribution in [-0.2, 0) is 5.75 Å². The van der Waals surface area contributed by atoms with E-state index in [2.05, 4.69) is 4.98 Å². The van der Waals surface area contributed by atoms with Gasteiger partial charge < -0.3 is 4.42 Å². The molecule has 0 N–H and O–H groups in total. The van der Waals surface area contributed by atoms with Crippen LogP contribution < -0.4 is 5.56 Å². The topological polar surface area (TPSA) is 60.9 Å². The minimum absolute atomic E-state index is 0.156. The van der Waals surface area contributed by atoms with Crippen LogP contribution in [0.5, 0.6) is 0 Å².